The Morgan fingerprint density at radius 3 is 0.872 bits per heavy atom. The zero-order valence-electron chi connectivity index (χ0n) is 28.7. The third-order valence-corrected chi connectivity index (χ3v) is 14.8. The minimum atomic E-state index is -0.515. The fraction of sp³-hybridized carbons (Fsp3) is 0.200. The van der Waals surface area contributed by atoms with Crippen molar-refractivity contribution in [3.8, 4) is 0 Å². The molecule has 0 unspecified atom stereocenters. The first-order valence-corrected chi connectivity index (χ1v) is 19.8. The van der Waals surface area contributed by atoms with Crippen molar-refractivity contribution in [3.63, 3.8) is 0 Å². The van der Waals surface area contributed by atoms with Crippen LogP contribution in [0.4, 0.5) is 0 Å². The molecule has 6 aromatic carbocycles. The van der Waals surface area contributed by atoms with E-state index in [2.05, 4.69) is 175 Å². The summed E-state index contributed by atoms with van der Waals surface area (Å²) in [6.07, 6.45) is 3.09. The van der Waals surface area contributed by atoms with E-state index in [1.165, 1.54) is 76.9 Å². The summed E-state index contributed by atoms with van der Waals surface area (Å²) >= 11 is 0. The molecule has 0 saturated heterocycles. The molecule has 2 heteroatoms. The van der Waals surface area contributed by atoms with Gasteiger partial charge in [-0.25, -0.2) is 0 Å². The molecule has 0 aliphatic heterocycles. The summed E-state index contributed by atoms with van der Waals surface area (Å²) in [4.78, 5) is 0. The maximum absolute atomic E-state index is 2.45. The molecule has 0 aromatic heterocycles. The Morgan fingerprint density at radius 2 is 0.596 bits per heavy atom. The Hall–Kier alpha value is -3.82. The zero-order chi connectivity index (χ0) is 32.9. The predicted octanol–water partition coefficient (Wildman–Crippen LogP) is 10.4. The second-order valence-corrected chi connectivity index (χ2v) is 17.3. The first-order chi connectivity index (χ1) is 22.8. The minimum absolute atomic E-state index is 0.515. The summed E-state index contributed by atoms with van der Waals surface area (Å²) in [5.74, 6) is 0. The largest absolute Gasteiger partial charge is 0.0622 e. The van der Waals surface area contributed by atoms with E-state index >= 15 is 0 Å². The molecule has 236 valence electrons. The summed E-state index contributed by atoms with van der Waals surface area (Å²) < 4.78 is 0. The molecular weight excluding hydrogens is 602 g/mol. The van der Waals surface area contributed by atoms with Gasteiger partial charge in [0.25, 0.3) is 0 Å². The maximum Gasteiger partial charge on any atom is 0.00128 e. The van der Waals surface area contributed by atoms with Gasteiger partial charge in [-0.15, -0.1) is 0 Å². The molecule has 0 N–H and O–H groups in total. The molecule has 0 bridgehead atoms. The van der Waals surface area contributed by atoms with Crippen LogP contribution < -0.4 is 21.2 Å². The van der Waals surface area contributed by atoms with E-state index in [0.29, 0.717) is 0 Å². The number of hydrogen-bond donors (Lipinski definition) is 0. The van der Waals surface area contributed by atoms with Crippen molar-refractivity contribution in [2.75, 3.05) is 0 Å². The maximum atomic E-state index is 2.45. The quantitative estimate of drug-likeness (QED) is 0.130. The Labute approximate surface area is 285 Å². The average Bonchev–Trinajstić information content (AvgIpc) is 3.09. The van der Waals surface area contributed by atoms with Crippen LogP contribution in [0.3, 0.4) is 0 Å². The molecule has 47 heavy (non-hydrogen) atoms. The fourth-order valence-corrected chi connectivity index (χ4v) is 12.2. The molecule has 6 rings (SSSR count). The van der Waals surface area contributed by atoms with Crippen LogP contribution >= 0.6 is 15.8 Å². The number of benzene rings is 6. The van der Waals surface area contributed by atoms with Crippen molar-refractivity contribution in [1.82, 2.24) is 0 Å². The molecule has 0 nitrogen and oxygen atoms in total. The lowest BCUT2D eigenvalue weighted by Gasteiger charge is -2.26. The van der Waals surface area contributed by atoms with Crippen molar-refractivity contribution < 1.29 is 0 Å². The van der Waals surface area contributed by atoms with Crippen molar-refractivity contribution in [1.29, 1.82) is 0 Å². The van der Waals surface area contributed by atoms with Crippen LogP contribution in [-0.4, -0.2) is 0 Å². The van der Waals surface area contributed by atoms with Crippen molar-refractivity contribution in [2.24, 2.45) is 0 Å². The Kier molecular flexibility index (Phi) is 10.5. The molecule has 0 aliphatic carbocycles. The predicted molar refractivity (Wildman–Crippen MR) is 210 cm³/mol. The third kappa shape index (κ3) is 7.36. The zero-order valence-corrected chi connectivity index (χ0v) is 30.5. The summed E-state index contributed by atoms with van der Waals surface area (Å²) in [5.41, 5.74) is 14.6. The smallest absolute Gasteiger partial charge is 0.00128 e. The summed E-state index contributed by atoms with van der Waals surface area (Å²) in [6, 6.07) is 49.5. The topological polar surface area (TPSA) is 0 Å². The number of aryl methyl sites for hydroxylation is 4. The van der Waals surface area contributed by atoms with Gasteiger partial charge in [-0.1, -0.05) is 133 Å². The average molecular weight is 649 g/mol. The molecule has 0 heterocycles. The molecule has 0 amide bonds. The van der Waals surface area contributed by atoms with Crippen LogP contribution in [0.25, 0.3) is 0 Å². The fourth-order valence-electron chi connectivity index (χ4n) is 7.16. The Bertz CT molecular complexity index is 1720. The first-order valence-electron chi connectivity index (χ1n) is 16.7. The summed E-state index contributed by atoms with van der Waals surface area (Å²) in [7, 11) is -1.03. The molecule has 0 aliphatic rings. The molecule has 0 spiro atoms. The van der Waals surface area contributed by atoms with E-state index in [4.69, 9.17) is 0 Å². The molecule has 0 atom stereocenters. The number of hydrogen-bond acceptors (Lipinski definition) is 0. The van der Waals surface area contributed by atoms with Crippen LogP contribution in [0.2, 0.25) is 0 Å². The van der Waals surface area contributed by atoms with E-state index in [-0.39, 0.29) is 0 Å². The van der Waals surface area contributed by atoms with Crippen molar-refractivity contribution in [3.05, 3.63) is 189 Å². The van der Waals surface area contributed by atoms with Crippen molar-refractivity contribution >= 4 is 37.1 Å². The monoisotopic (exact) mass is 648 g/mol. The SMILES string of the molecule is Cc1cc(C)c(CP(c2ccccc2)c2ccccc2)c(C)c1Cc1c(C)cc(C)c(CP(c2ccccc2)c2ccccc2)c1C. The van der Waals surface area contributed by atoms with E-state index in [9.17, 15) is 0 Å². The van der Waals surface area contributed by atoms with Gasteiger partial charge in [0.15, 0.2) is 0 Å². The highest BCUT2D eigenvalue weighted by atomic mass is 31.1. The van der Waals surface area contributed by atoms with Crippen LogP contribution in [0, 0.1) is 41.5 Å². The van der Waals surface area contributed by atoms with Crippen LogP contribution in [0.5, 0.6) is 0 Å². The summed E-state index contributed by atoms with van der Waals surface area (Å²) in [5, 5.41) is 5.77. The third-order valence-electron chi connectivity index (χ3n) is 9.84. The molecule has 0 radical (unpaired) electrons. The van der Waals surface area contributed by atoms with Gasteiger partial charge in [-0.05, 0) is 141 Å². The van der Waals surface area contributed by atoms with E-state index in [1.54, 1.807) is 0 Å². The van der Waals surface area contributed by atoms with Crippen molar-refractivity contribution in [2.45, 2.75) is 60.3 Å². The standard InChI is InChI=1S/C45H46P2/c1-32-27-34(3)44(30-46(38-19-11-7-12-20-38)39-21-13-8-14-22-39)36(5)42(32)29-43-33(2)28-35(4)45(37(43)6)31-47(40-23-15-9-16-24-40)41-25-17-10-18-26-41/h7-28H,29-31H2,1-6H3. The molecule has 6 aromatic rings. The van der Waals surface area contributed by atoms with Gasteiger partial charge in [-0.2, -0.15) is 0 Å². The first kappa shape index (κ1) is 33.1. The van der Waals surface area contributed by atoms with Crippen LogP contribution in [-0.2, 0) is 18.7 Å². The van der Waals surface area contributed by atoms with Gasteiger partial charge < -0.3 is 0 Å². The van der Waals surface area contributed by atoms with Gasteiger partial charge >= 0.3 is 0 Å². The van der Waals surface area contributed by atoms with Gasteiger partial charge in [0, 0.05) is 12.3 Å². The van der Waals surface area contributed by atoms with Gasteiger partial charge in [-0.3, -0.25) is 0 Å². The Balaban J connectivity index is 1.39. The summed E-state index contributed by atoms with van der Waals surface area (Å²) in [6.45, 7) is 14.0. The lowest BCUT2D eigenvalue weighted by molar-refractivity contribution is 1.04. The second-order valence-electron chi connectivity index (χ2n) is 12.9. The van der Waals surface area contributed by atoms with Crippen LogP contribution in [0.1, 0.15) is 55.6 Å². The van der Waals surface area contributed by atoms with E-state index in [1.807, 2.05) is 0 Å². The highest BCUT2D eigenvalue weighted by molar-refractivity contribution is 7.72. The highest BCUT2D eigenvalue weighted by Gasteiger charge is 2.22. The number of rotatable bonds is 10. The lowest BCUT2D eigenvalue weighted by atomic mass is 9.86. The van der Waals surface area contributed by atoms with Crippen LogP contribution in [0.15, 0.2) is 133 Å². The molecular formula is C45H46P2. The van der Waals surface area contributed by atoms with E-state index < -0.39 is 15.8 Å². The normalized spacial score (nSPS) is 11.4. The van der Waals surface area contributed by atoms with Gasteiger partial charge in [0.2, 0.25) is 0 Å². The highest BCUT2D eigenvalue weighted by Crippen LogP contribution is 2.43. The van der Waals surface area contributed by atoms with Gasteiger partial charge in [0.05, 0.1) is 0 Å². The Morgan fingerprint density at radius 1 is 0.340 bits per heavy atom. The van der Waals surface area contributed by atoms with E-state index in [0.717, 1.165) is 18.7 Å². The minimum Gasteiger partial charge on any atom is -0.0622 e. The second kappa shape index (κ2) is 14.9. The lowest BCUT2D eigenvalue weighted by Crippen LogP contribution is -2.15. The van der Waals surface area contributed by atoms with Gasteiger partial charge in [0.1, 0.15) is 0 Å². The molecule has 0 fully saturated rings. The molecule has 0 saturated carbocycles.